The molecule has 0 unspecified atom stereocenters. The molecule has 51 heavy (non-hydrogen) atoms. The summed E-state index contributed by atoms with van der Waals surface area (Å²) >= 11 is 0. The number of amides is 5. The van der Waals surface area contributed by atoms with Crippen LogP contribution in [0.1, 0.15) is 74.7 Å². The van der Waals surface area contributed by atoms with Gasteiger partial charge in [-0.2, -0.15) is 0 Å². The van der Waals surface area contributed by atoms with Gasteiger partial charge in [-0.05, 0) is 75.4 Å². The normalized spacial score (nSPS) is 21.9. The van der Waals surface area contributed by atoms with Gasteiger partial charge in [0.25, 0.3) is 5.91 Å². The van der Waals surface area contributed by atoms with Crippen molar-refractivity contribution in [2.45, 2.75) is 83.3 Å². The maximum Gasteiger partial charge on any atom is 0.255 e. The van der Waals surface area contributed by atoms with Gasteiger partial charge in [-0.15, -0.1) is 0 Å². The molecule has 2 aliphatic rings. The van der Waals surface area contributed by atoms with E-state index in [0.29, 0.717) is 19.4 Å². The number of ether oxygens (including phenoxy) is 1. The first kappa shape index (κ1) is 39.3. The van der Waals surface area contributed by atoms with Gasteiger partial charge >= 0.3 is 0 Å². The number of fused-ring (bicyclic) bond motifs is 1. The van der Waals surface area contributed by atoms with E-state index in [1.54, 1.807) is 31.3 Å². The minimum atomic E-state index is -1.20. The molecule has 5 amide bonds. The number of hydrogen-bond donors (Lipinski definition) is 3. The molecule has 0 bridgehead atoms. The van der Waals surface area contributed by atoms with Crippen LogP contribution >= 0.6 is 0 Å². The van der Waals surface area contributed by atoms with Gasteiger partial charge in [0.2, 0.25) is 23.6 Å². The molecule has 0 radical (unpaired) electrons. The summed E-state index contributed by atoms with van der Waals surface area (Å²) in [7, 11) is 3.08. The van der Waals surface area contributed by atoms with E-state index in [-0.39, 0.29) is 48.6 Å². The second-order valence-electron chi connectivity index (χ2n) is 14.2. The van der Waals surface area contributed by atoms with Gasteiger partial charge in [0, 0.05) is 20.6 Å². The van der Waals surface area contributed by atoms with Crippen molar-refractivity contribution in [3.63, 3.8) is 0 Å². The molecule has 278 valence electrons. The fourth-order valence-corrected chi connectivity index (χ4v) is 6.65. The van der Waals surface area contributed by atoms with Gasteiger partial charge < -0.3 is 35.4 Å². The zero-order valence-electron chi connectivity index (χ0n) is 30.7. The van der Waals surface area contributed by atoms with Crippen molar-refractivity contribution in [2.24, 2.45) is 5.92 Å². The summed E-state index contributed by atoms with van der Waals surface area (Å²) in [6.45, 7) is 7.09. The Balaban J connectivity index is 1.60. The van der Waals surface area contributed by atoms with Crippen LogP contribution in [0.25, 0.3) is 0 Å². The number of hydrogen-bond acceptors (Lipinski definition) is 7. The molecular formula is C39H56N6O6. The van der Waals surface area contributed by atoms with Crippen molar-refractivity contribution in [1.82, 2.24) is 30.7 Å². The molecule has 12 heteroatoms. The van der Waals surface area contributed by atoms with E-state index >= 15 is 0 Å². The summed E-state index contributed by atoms with van der Waals surface area (Å²) in [5.41, 5.74) is 1.17. The lowest BCUT2D eigenvalue weighted by atomic mass is 10.0. The molecule has 1 saturated heterocycles. The van der Waals surface area contributed by atoms with Crippen molar-refractivity contribution < 1.29 is 28.7 Å². The van der Waals surface area contributed by atoms with Crippen molar-refractivity contribution in [1.29, 1.82) is 0 Å². The third kappa shape index (κ3) is 12.4. The number of rotatable bonds is 9. The predicted octanol–water partition coefficient (Wildman–Crippen LogP) is 3.01. The molecule has 2 heterocycles. The van der Waals surface area contributed by atoms with Gasteiger partial charge in [-0.25, -0.2) is 0 Å². The van der Waals surface area contributed by atoms with Crippen molar-refractivity contribution >= 4 is 29.5 Å². The Morgan fingerprint density at radius 1 is 0.922 bits per heavy atom. The van der Waals surface area contributed by atoms with Crippen LogP contribution in [0.4, 0.5) is 0 Å². The minimum absolute atomic E-state index is 0.0424. The summed E-state index contributed by atoms with van der Waals surface area (Å²) < 4.78 is 6.17. The van der Waals surface area contributed by atoms with Gasteiger partial charge in [-0.3, -0.25) is 24.0 Å². The molecule has 4 rings (SSSR count). The highest BCUT2D eigenvalue weighted by atomic mass is 16.5. The number of para-hydroxylation sites is 1. The van der Waals surface area contributed by atoms with Crippen molar-refractivity contribution in [3.8, 4) is 5.75 Å². The Hall–Kier alpha value is -4.45. The van der Waals surface area contributed by atoms with Gasteiger partial charge in [0.15, 0.2) is 0 Å². The SMILES string of the molecule is CC(C)C[C@H]1C(=O)N(C)CC(=O)N[C@H](Cc2ccccc2)COc2ccccc2C(=O)N[C@H](C(=O)NCCCN2CCCCCC2)CC(=O)N1C. The topological polar surface area (TPSA) is 140 Å². The van der Waals surface area contributed by atoms with E-state index in [2.05, 4.69) is 20.9 Å². The molecule has 3 atom stereocenters. The van der Waals surface area contributed by atoms with Crippen LogP contribution < -0.4 is 20.7 Å². The lowest BCUT2D eigenvalue weighted by molar-refractivity contribution is -0.146. The Bertz CT molecular complexity index is 1460. The first-order chi connectivity index (χ1) is 24.5. The average Bonchev–Trinajstić information content (AvgIpc) is 3.39. The Morgan fingerprint density at radius 3 is 2.31 bits per heavy atom. The fourth-order valence-electron chi connectivity index (χ4n) is 6.65. The lowest BCUT2D eigenvalue weighted by Crippen LogP contribution is -2.54. The molecule has 0 spiro atoms. The molecule has 0 aromatic heterocycles. The van der Waals surface area contributed by atoms with Gasteiger partial charge in [0.1, 0.15) is 24.4 Å². The van der Waals surface area contributed by atoms with Crippen LogP contribution in [-0.2, 0) is 25.6 Å². The second-order valence-corrected chi connectivity index (χ2v) is 14.2. The van der Waals surface area contributed by atoms with Crippen LogP contribution in [0.5, 0.6) is 5.75 Å². The number of likely N-dealkylation sites (tertiary alicyclic amines) is 1. The largest absolute Gasteiger partial charge is 0.491 e. The van der Waals surface area contributed by atoms with Crippen LogP contribution in [0.15, 0.2) is 54.6 Å². The number of nitrogens with zero attached hydrogens (tertiary/aromatic N) is 3. The van der Waals surface area contributed by atoms with Gasteiger partial charge in [-0.1, -0.05) is 69.2 Å². The summed E-state index contributed by atoms with van der Waals surface area (Å²) in [6.07, 6.45) is 6.04. The molecule has 1 fully saturated rings. The van der Waals surface area contributed by atoms with Crippen molar-refractivity contribution in [2.75, 3.05) is 53.4 Å². The van der Waals surface area contributed by atoms with Crippen LogP contribution in [0, 0.1) is 5.92 Å². The van der Waals surface area contributed by atoms with E-state index in [4.69, 9.17) is 4.74 Å². The maximum absolute atomic E-state index is 13.8. The quantitative estimate of drug-likeness (QED) is 0.341. The molecular weight excluding hydrogens is 648 g/mol. The van der Waals surface area contributed by atoms with Gasteiger partial charge in [0.05, 0.1) is 24.6 Å². The molecule has 12 nitrogen and oxygen atoms in total. The maximum atomic E-state index is 13.8. The van der Waals surface area contributed by atoms with E-state index in [1.165, 1.54) is 42.5 Å². The monoisotopic (exact) mass is 704 g/mol. The smallest absolute Gasteiger partial charge is 0.255 e. The zero-order chi connectivity index (χ0) is 36.8. The third-order valence-electron chi connectivity index (χ3n) is 9.51. The summed E-state index contributed by atoms with van der Waals surface area (Å²) in [5.74, 6) is -1.97. The molecule has 3 N–H and O–H groups in total. The number of nitrogens with one attached hydrogen (secondary N) is 3. The predicted molar refractivity (Wildman–Crippen MR) is 196 cm³/mol. The highest BCUT2D eigenvalue weighted by Gasteiger charge is 2.34. The molecule has 2 aromatic carbocycles. The highest BCUT2D eigenvalue weighted by molar-refractivity contribution is 6.01. The number of carbonyl (C=O) groups excluding carboxylic acids is 5. The second kappa shape index (κ2) is 19.8. The van der Waals surface area contributed by atoms with E-state index < -0.39 is 35.8 Å². The Kier molecular flexibility index (Phi) is 15.3. The van der Waals surface area contributed by atoms with Crippen molar-refractivity contribution in [3.05, 3.63) is 65.7 Å². The number of likely N-dealkylation sites (N-methyl/N-ethyl adjacent to an activating group) is 2. The molecule has 0 saturated carbocycles. The number of benzene rings is 2. The summed E-state index contributed by atoms with van der Waals surface area (Å²) in [6, 6.07) is 13.8. The first-order valence-corrected chi connectivity index (χ1v) is 18.4. The van der Waals surface area contributed by atoms with Crippen LogP contribution in [0.3, 0.4) is 0 Å². The number of carbonyl (C=O) groups is 5. The van der Waals surface area contributed by atoms with Crippen LogP contribution in [-0.4, -0.2) is 116 Å². The summed E-state index contributed by atoms with van der Waals surface area (Å²) in [4.78, 5) is 73.6. The minimum Gasteiger partial charge on any atom is -0.491 e. The third-order valence-corrected chi connectivity index (χ3v) is 9.51. The van der Waals surface area contributed by atoms with Crippen LogP contribution in [0.2, 0.25) is 0 Å². The Labute approximate surface area is 302 Å². The first-order valence-electron chi connectivity index (χ1n) is 18.4. The van der Waals surface area contributed by atoms with E-state index in [9.17, 15) is 24.0 Å². The zero-order valence-corrected chi connectivity index (χ0v) is 30.7. The summed E-state index contributed by atoms with van der Waals surface area (Å²) in [5, 5.41) is 8.74. The Morgan fingerprint density at radius 2 is 1.61 bits per heavy atom. The van der Waals surface area contributed by atoms with E-state index in [0.717, 1.165) is 31.6 Å². The standard InChI is InChI=1S/C39H56N6O6/c1-28(2)23-33-39(50)43(3)26-35(46)41-30(24-29-15-8-7-9-16-29)27-51-34-18-11-10-17-31(34)37(48)42-32(25-36(47)44(33)4)38(49)40-19-14-22-45-20-12-5-6-13-21-45/h7-11,15-18,28,30,32-33H,5-6,12-14,19-27H2,1-4H3,(H,40,49)(H,41,46)(H,42,48)/t30-,32+,33+/m1/s1. The fraction of sp³-hybridized carbons (Fsp3) is 0.564. The lowest BCUT2D eigenvalue weighted by Gasteiger charge is -2.32. The molecule has 2 aromatic rings. The van der Waals surface area contributed by atoms with E-state index in [1.807, 2.05) is 44.2 Å². The highest BCUT2D eigenvalue weighted by Crippen LogP contribution is 2.20. The molecule has 2 aliphatic heterocycles. The molecule has 0 aliphatic carbocycles. The average molecular weight is 705 g/mol.